The van der Waals surface area contributed by atoms with Crippen molar-refractivity contribution in [3.63, 3.8) is 0 Å². The summed E-state index contributed by atoms with van der Waals surface area (Å²) in [5.41, 5.74) is 2.46. The van der Waals surface area contributed by atoms with Gasteiger partial charge in [0.25, 0.3) is 0 Å². The first-order valence-corrected chi connectivity index (χ1v) is 8.18. The van der Waals surface area contributed by atoms with Gasteiger partial charge >= 0.3 is 0 Å². The Morgan fingerprint density at radius 1 is 1.19 bits per heavy atom. The molecule has 0 aliphatic rings. The second-order valence-electron chi connectivity index (χ2n) is 6.28. The topological polar surface area (TPSA) is 24.5 Å². The SMILES string of the molecule is CCCCN(C)c1ccc(CNC(C)C)cc1OC(C)C. The minimum atomic E-state index is 0.191. The quantitative estimate of drug-likeness (QED) is 0.738. The number of nitrogens with zero attached hydrogens (tertiary/aromatic N) is 1. The highest BCUT2D eigenvalue weighted by molar-refractivity contribution is 5.59. The van der Waals surface area contributed by atoms with Crippen LogP contribution in [0.15, 0.2) is 18.2 Å². The molecule has 0 heterocycles. The normalized spacial score (nSPS) is 11.2. The fraction of sp³-hybridized carbons (Fsp3) is 0.667. The molecule has 0 aliphatic carbocycles. The monoisotopic (exact) mass is 292 g/mol. The third-order valence-electron chi connectivity index (χ3n) is 3.36. The average molecular weight is 292 g/mol. The van der Waals surface area contributed by atoms with Crippen LogP contribution in [0.25, 0.3) is 0 Å². The summed E-state index contributed by atoms with van der Waals surface area (Å²) in [6, 6.07) is 7.05. The summed E-state index contributed by atoms with van der Waals surface area (Å²) in [5.74, 6) is 0.992. The zero-order chi connectivity index (χ0) is 15.8. The highest BCUT2D eigenvalue weighted by Gasteiger charge is 2.11. The molecule has 0 atom stereocenters. The van der Waals surface area contributed by atoms with Crippen molar-refractivity contribution < 1.29 is 4.74 Å². The highest BCUT2D eigenvalue weighted by atomic mass is 16.5. The third kappa shape index (κ3) is 6.38. The van der Waals surface area contributed by atoms with Gasteiger partial charge in [0.1, 0.15) is 5.75 Å². The Hall–Kier alpha value is -1.22. The molecule has 0 amide bonds. The Kier molecular flexibility index (Phi) is 7.58. The first-order chi connectivity index (χ1) is 9.93. The number of hydrogen-bond donors (Lipinski definition) is 1. The molecule has 0 saturated carbocycles. The van der Waals surface area contributed by atoms with E-state index in [0.717, 1.165) is 18.8 Å². The number of benzene rings is 1. The highest BCUT2D eigenvalue weighted by Crippen LogP contribution is 2.30. The van der Waals surface area contributed by atoms with Crippen LogP contribution < -0.4 is 15.0 Å². The van der Waals surface area contributed by atoms with E-state index < -0.39 is 0 Å². The molecule has 3 nitrogen and oxygen atoms in total. The molecule has 0 fully saturated rings. The molecule has 1 rings (SSSR count). The van der Waals surface area contributed by atoms with E-state index in [9.17, 15) is 0 Å². The van der Waals surface area contributed by atoms with E-state index in [0.29, 0.717) is 6.04 Å². The van der Waals surface area contributed by atoms with Gasteiger partial charge in [-0.25, -0.2) is 0 Å². The Morgan fingerprint density at radius 2 is 1.90 bits per heavy atom. The number of nitrogens with one attached hydrogen (secondary N) is 1. The molecule has 1 aromatic carbocycles. The summed E-state index contributed by atoms with van der Waals surface area (Å²) in [7, 11) is 2.14. The molecule has 21 heavy (non-hydrogen) atoms. The van der Waals surface area contributed by atoms with E-state index in [1.165, 1.54) is 24.1 Å². The van der Waals surface area contributed by atoms with E-state index in [1.54, 1.807) is 0 Å². The molecular weight excluding hydrogens is 260 g/mol. The largest absolute Gasteiger partial charge is 0.489 e. The lowest BCUT2D eigenvalue weighted by molar-refractivity contribution is 0.242. The summed E-state index contributed by atoms with van der Waals surface area (Å²) in [4.78, 5) is 2.29. The van der Waals surface area contributed by atoms with Gasteiger partial charge in [-0.3, -0.25) is 0 Å². The number of unbranched alkanes of at least 4 members (excludes halogenated alkanes) is 1. The molecular formula is C18H32N2O. The number of rotatable bonds is 9. The number of anilines is 1. The van der Waals surface area contributed by atoms with Crippen LogP contribution in [0.1, 0.15) is 53.0 Å². The molecule has 0 aliphatic heterocycles. The molecule has 0 saturated heterocycles. The van der Waals surface area contributed by atoms with E-state index >= 15 is 0 Å². The Balaban J connectivity index is 2.90. The van der Waals surface area contributed by atoms with Gasteiger partial charge < -0.3 is 15.0 Å². The molecule has 0 spiro atoms. The summed E-state index contributed by atoms with van der Waals surface area (Å²) >= 11 is 0. The van der Waals surface area contributed by atoms with E-state index in [4.69, 9.17) is 4.74 Å². The van der Waals surface area contributed by atoms with Gasteiger partial charge in [-0.05, 0) is 38.0 Å². The summed E-state index contributed by atoms with van der Waals surface area (Å²) in [6.45, 7) is 12.7. The van der Waals surface area contributed by atoms with Gasteiger partial charge in [0.05, 0.1) is 11.8 Å². The van der Waals surface area contributed by atoms with Crippen molar-refractivity contribution >= 4 is 5.69 Å². The first kappa shape index (κ1) is 17.8. The lowest BCUT2D eigenvalue weighted by atomic mass is 10.1. The Bertz CT molecular complexity index is 416. The van der Waals surface area contributed by atoms with Crippen LogP contribution in [0.2, 0.25) is 0 Å². The van der Waals surface area contributed by atoms with Crippen LogP contribution in [0, 0.1) is 0 Å². The van der Waals surface area contributed by atoms with Crippen LogP contribution >= 0.6 is 0 Å². The standard InChI is InChI=1S/C18H32N2O/c1-7-8-11-20(6)17-10-9-16(13-19-14(2)3)12-18(17)21-15(4)5/h9-10,12,14-15,19H,7-8,11,13H2,1-6H3. The summed E-state index contributed by atoms with van der Waals surface area (Å²) in [6.07, 6.45) is 2.60. The van der Waals surface area contributed by atoms with Crippen molar-refractivity contribution in [1.82, 2.24) is 5.32 Å². The summed E-state index contributed by atoms with van der Waals surface area (Å²) < 4.78 is 6.02. The molecule has 0 aromatic heterocycles. The van der Waals surface area contributed by atoms with E-state index in [2.05, 4.69) is 70.1 Å². The van der Waals surface area contributed by atoms with E-state index in [1.807, 2.05) is 0 Å². The van der Waals surface area contributed by atoms with Crippen molar-refractivity contribution in [3.05, 3.63) is 23.8 Å². The fourth-order valence-corrected chi connectivity index (χ4v) is 2.17. The minimum Gasteiger partial charge on any atom is -0.489 e. The van der Waals surface area contributed by atoms with Crippen molar-refractivity contribution in [2.24, 2.45) is 0 Å². The second kappa shape index (κ2) is 8.93. The molecule has 0 unspecified atom stereocenters. The predicted octanol–water partition coefficient (Wildman–Crippen LogP) is 4.21. The maximum atomic E-state index is 6.02. The molecule has 120 valence electrons. The van der Waals surface area contributed by atoms with Gasteiger partial charge in [-0.15, -0.1) is 0 Å². The van der Waals surface area contributed by atoms with Crippen LogP contribution in [-0.2, 0) is 6.54 Å². The lowest BCUT2D eigenvalue weighted by Crippen LogP contribution is -2.23. The Morgan fingerprint density at radius 3 is 2.48 bits per heavy atom. The molecule has 0 radical (unpaired) electrons. The van der Waals surface area contributed by atoms with E-state index in [-0.39, 0.29) is 6.10 Å². The van der Waals surface area contributed by atoms with Crippen LogP contribution in [0.3, 0.4) is 0 Å². The average Bonchev–Trinajstić information content (AvgIpc) is 2.42. The maximum absolute atomic E-state index is 6.02. The van der Waals surface area contributed by atoms with Gasteiger partial charge in [0.15, 0.2) is 0 Å². The van der Waals surface area contributed by atoms with Crippen molar-refractivity contribution in [3.8, 4) is 5.75 Å². The van der Waals surface area contributed by atoms with Crippen molar-refractivity contribution in [1.29, 1.82) is 0 Å². The van der Waals surface area contributed by atoms with Crippen molar-refractivity contribution in [2.75, 3.05) is 18.5 Å². The molecule has 1 N–H and O–H groups in total. The van der Waals surface area contributed by atoms with Gasteiger partial charge in [-0.1, -0.05) is 33.3 Å². The minimum absolute atomic E-state index is 0.191. The van der Waals surface area contributed by atoms with Crippen LogP contribution in [-0.4, -0.2) is 25.7 Å². The maximum Gasteiger partial charge on any atom is 0.143 e. The number of hydrogen-bond acceptors (Lipinski definition) is 3. The predicted molar refractivity (Wildman–Crippen MR) is 92.4 cm³/mol. The van der Waals surface area contributed by atoms with Crippen molar-refractivity contribution in [2.45, 2.75) is 66.2 Å². The zero-order valence-corrected chi connectivity index (χ0v) is 14.6. The van der Waals surface area contributed by atoms with Gasteiger partial charge in [-0.2, -0.15) is 0 Å². The smallest absolute Gasteiger partial charge is 0.143 e. The summed E-state index contributed by atoms with van der Waals surface area (Å²) in [5, 5.41) is 3.46. The van der Waals surface area contributed by atoms with Gasteiger partial charge in [0.2, 0.25) is 0 Å². The number of ether oxygens (including phenoxy) is 1. The lowest BCUT2D eigenvalue weighted by Gasteiger charge is -2.24. The zero-order valence-electron chi connectivity index (χ0n) is 14.6. The van der Waals surface area contributed by atoms with Crippen LogP contribution in [0.5, 0.6) is 5.75 Å². The second-order valence-corrected chi connectivity index (χ2v) is 6.28. The first-order valence-electron chi connectivity index (χ1n) is 8.18. The molecule has 0 bridgehead atoms. The molecule has 1 aromatic rings. The third-order valence-corrected chi connectivity index (χ3v) is 3.36. The van der Waals surface area contributed by atoms with Crippen LogP contribution in [0.4, 0.5) is 5.69 Å². The Labute approximate surface area is 130 Å². The fourth-order valence-electron chi connectivity index (χ4n) is 2.17. The molecule has 3 heteroatoms. The van der Waals surface area contributed by atoms with Gasteiger partial charge in [0, 0.05) is 26.2 Å².